The second kappa shape index (κ2) is 5.40. The number of aromatic nitrogens is 4. The number of nitrogens with zero attached hydrogens (tertiary/aromatic N) is 5. The van der Waals surface area contributed by atoms with Gasteiger partial charge in [0.05, 0.1) is 16.7 Å². The van der Waals surface area contributed by atoms with Gasteiger partial charge in [0.25, 0.3) is 0 Å². The van der Waals surface area contributed by atoms with Gasteiger partial charge in [-0.25, -0.2) is 9.97 Å². The fourth-order valence-electron chi connectivity index (χ4n) is 3.08. The largest absolute Gasteiger partial charge is 0.354 e. The van der Waals surface area contributed by atoms with Gasteiger partial charge in [0.15, 0.2) is 0 Å². The van der Waals surface area contributed by atoms with Crippen molar-refractivity contribution in [3.05, 3.63) is 35.0 Å². The molecule has 1 unspecified atom stereocenters. The predicted molar refractivity (Wildman–Crippen MR) is 84.4 cm³/mol. The fourth-order valence-corrected chi connectivity index (χ4v) is 3.38. The molecule has 0 bridgehead atoms. The van der Waals surface area contributed by atoms with Crippen LogP contribution in [-0.2, 0) is 0 Å². The second-order valence-corrected chi connectivity index (χ2v) is 6.84. The Morgan fingerprint density at radius 3 is 2.86 bits per heavy atom. The van der Waals surface area contributed by atoms with Crippen LogP contribution in [0.3, 0.4) is 0 Å². The van der Waals surface area contributed by atoms with Gasteiger partial charge in [-0.3, -0.25) is 4.68 Å². The zero-order valence-electron chi connectivity index (χ0n) is 11.8. The van der Waals surface area contributed by atoms with Crippen LogP contribution < -0.4 is 4.90 Å². The van der Waals surface area contributed by atoms with Crippen LogP contribution in [0.4, 0.5) is 5.82 Å². The zero-order chi connectivity index (χ0) is 14.2. The monoisotopic (exact) mass is 347 g/mol. The maximum absolute atomic E-state index is 4.79. The smallest absolute Gasteiger partial charge is 0.133 e. The van der Waals surface area contributed by atoms with Crippen molar-refractivity contribution < 1.29 is 0 Å². The van der Waals surface area contributed by atoms with Gasteiger partial charge in [-0.05, 0) is 41.3 Å². The van der Waals surface area contributed by atoms with Crippen LogP contribution in [0.25, 0.3) is 0 Å². The van der Waals surface area contributed by atoms with Crippen LogP contribution in [0.1, 0.15) is 43.5 Å². The van der Waals surface area contributed by atoms with E-state index >= 15 is 0 Å². The van der Waals surface area contributed by atoms with Crippen LogP contribution >= 0.6 is 15.9 Å². The van der Waals surface area contributed by atoms with Crippen molar-refractivity contribution in [1.82, 2.24) is 19.7 Å². The number of rotatable bonds is 3. The van der Waals surface area contributed by atoms with E-state index < -0.39 is 0 Å². The van der Waals surface area contributed by atoms with Crippen LogP contribution in [0.2, 0.25) is 0 Å². The van der Waals surface area contributed by atoms with Gasteiger partial charge in [-0.15, -0.1) is 0 Å². The molecule has 0 aromatic carbocycles. The second-order valence-electron chi connectivity index (χ2n) is 5.93. The van der Waals surface area contributed by atoms with E-state index in [0.717, 1.165) is 35.6 Å². The quantitative estimate of drug-likeness (QED) is 0.855. The van der Waals surface area contributed by atoms with Crippen molar-refractivity contribution in [3.8, 4) is 0 Å². The van der Waals surface area contributed by atoms with Gasteiger partial charge in [-0.1, -0.05) is 6.42 Å². The number of hydrogen-bond acceptors (Lipinski definition) is 4. The summed E-state index contributed by atoms with van der Waals surface area (Å²) < 4.78 is 3.09. The SMILES string of the molecule is Brc1cnn(C2CCN(c3ccnc(C4CCC4)n3)C2)c1. The summed E-state index contributed by atoms with van der Waals surface area (Å²) in [6.45, 7) is 2.00. The van der Waals surface area contributed by atoms with E-state index in [4.69, 9.17) is 4.98 Å². The molecule has 5 nitrogen and oxygen atoms in total. The molecule has 1 saturated carbocycles. The Kier molecular flexibility index (Phi) is 3.41. The molecule has 2 aliphatic rings. The molecule has 2 aromatic rings. The van der Waals surface area contributed by atoms with Crippen molar-refractivity contribution in [1.29, 1.82) is 0 Å². The minimum Gasteiger partial charge on any atom is -0.354 e. The Morgan fingerprint density at radius 1 is 1.24 bits per heavy atom. The van der Waals surface area contributed by atoms with E-state index in [2.05, 4.69) is 35.6 Å². The molecule has 1 atom stereocenters. The summed E-state index contributed by atoms with van der Waals surface area (Å²) in [5.74, 6) is 2.69. The highest BCUT2D eigenvalue weighted by Gasteiger charge is 2.27. The van der Waals surface area contributed by atoms with Crippen LogP contribution in [0.5, 0.6) is 0 Å². The van der Waals surface area contributed by atoms with Gasteiger partial charge in [0, 0.05) is 31.4 Å². The topological polar surface area (TPSA) is 46.8 Å². The highest BCUT2D eigenvalue weighted by molar-refractivity contribution is 9.10. The van der Waals surface area contributed by atoms with Crippen LogP contribution in [0, 0.1) is 0 Å². The van der Waals surface area contributed by atoms with Gasteiger partial charge in [0.2, 0.25) is 0 Å². The minimum atomic E-state index is 0.429. The molecular weight excluding hydrogens is 330 g/mol. The van der Waals surface area contributed by atoms with Crippen molar-refractivity contribution in [2.45, 2.75) is 37.6 Å². The molecule has 1 aliphatic heterocycles. The zero-order valence-corrected chi connectivity index (χ0v) is 13.4. The third kappa shape index (κ3) is 2.57. The third-order valence-electron chi connectivity index (χ3n) is 4.56. The lowest BCUT2D eigenvalue weighted by atomic mass is 9.85. The Balaban J connectivity index is 1.50. The summed E-state index contributed by atoms with van der Waals surface area (Å²) in [5, 5.41) is 4.40. The third-order valence-corrected chi connectivity index (χ3v) is 4.97. The Hall–Kier alpha value is -1.43. The first-order valence-electron chi connectivity index (χ1n) is 7.57. The molecule has 6 heteroatoms. The Labute approximate surface area is 132 Å². The van der Waals surface area contributed by atoms with Gasteiger partial charge in [0.1, 0.15) is 11.6 Å². The molecule has 1 saturated heterocycles. The molecule has 2 fully saturated rings. The maximum atomic E-state index is 4.79. The number of anilines is 1. The standard InChI is InChI=1S/C15H18BrN5/c16-12-8-18-21(9-12)13-5-7-20(10-13)14-4-6-17-15(19-14)11-2-1-3-11/h4,6,8-9,11,13H,1-3,5,7,10H2. The van der Waals surface area contributed by atoms with Gasteiger partial charge >= 0.3 is 0 Å². The molecule has 110 valence electrons. The van der Waals surface area contributed by atoms with Gasteiger partial charge < -0.3 is 4.90 Å². The summed E-state index contributed by atoms with van der Waals surface area (Å²) in [5.41, 5.74) is 0. The van der Waals surface area contributed by atoms with Crippen molar-refractivity contribution in [2.75, 3.05) is 18.0 Å². The van der Waals surface area contributed by atoms with Crippen LogP contribution in [-0.4, -0.2) is 32.8 Å². The molecule has 0 spiro atoms. The molecule has 3 heterocycles. The maximum Gasteiger partial charge on any atom is 0.133 e. The molecule has 0 amide bonds. The molecule has 0 radical (unpaired) electrons. The summed E-state index contributed by atoms with van der Waals surface area (Å²) >= 11 is 3.46. The molecule has 21 heavy (non-hydrogen) atoms. The average molecular weight is 348 g/mol. The van der Waals surface area contributed by atoms with E-state index in [0.29, 0.717) is 12.0 Å². The van der Waals surface area contributed by atoms with E-state index in [1.54, 1.807) is 0 Å². The summed E-state index contributed by atoms with van der Waals surface area (Å²) in [6, 6.07) is 2.46. The average Bonchev–Trinajstić information content (AvgIpc) is 3.05. The lowest BCUT2D eigenvalue weighted by molar-refractivity contribution is 0.401. The minimum absolute atomic E-state index is 0.429. The van der Waals surface area contributed by atoms with Crippen molar-refractivity contribution in [2.24, 2.45) is 0 Å². The predicted octanol–water partition coefficient (Wildman–Crippen LogP) is 3.15. The van der Waals surface area contributed by atoms with E-state index in [1.807, 2.05) is 24.7 Å². The van der Waals surface area contributed by atoms with Crippen molar-refractivity contribution >= 4 is 21.7 Å². The Bertz CT molecular complexity index is 636. The summed E-state index contributed by atoms with van der Waals surface area (Å²) in [7, 11) is 0. The number of hydrogen-bond donors (Lipinski definition) is 0. The van der Waals surface area contributed by atoms with Gasteiger partial charge in [-0.2, -0.15) is 5.10 Å². The molecule has 1 aliphatic carbocycles. The number of halogens is 1. The first-order chi connectivity index (χ1) is 10.3. The highest BCUT2D eigenvalue weighted by atomic mass is 79.9. The lowest BCUT2D eigenvalue weighted by Gasteiger charge is -2.25. The lowest BCUT2D eigenvalue weighted by Crippen LogP contribution is -2.23. The van der Waals surface area contributed by atoms with E-state index in [1.165, 1.54) is 19.3 Å². The first kappa shape index (κ1) is 13.2. The summed E-state index contributed by atoms with van der Waals surface area (Å²) in [4.78, 5) is 11.6. The summed E-state index contributed by atoms with van der Waals surface area (Å²) in [6.07, 6.45) is 10.7. The molecule has 2 aromatic heterocycles. The molecule has 4 rings (SSSR count). The fraction of sp³-hybridized carbons (Fsp3) is 0.533. The highest BCUT2D eigenvalue weighted by Crippen LogP contribution is 2.35. The molecular formula is C15H18BrN5. The van der Waals surface area contributed by atoms with E-state index in [9.17, 15) is 0 Å². The first-order valence-corrected chi connectivity index (χ1v) is 8.36. The van der Waals surface area contributed by atoms with E-state index in [-0.39, 0.29) is 0 Å². The van der Waals surface area contributed by atoms with Crippen molar-refractivity contribution in [3.63, 3.8) is 0 Å². The Morgan fingerprint density at radius 2 is 2.14 bits per heavy atom. The van der Waals surface area contributed by atoms with Crippen LogP contribution in [0.15, 0.2) is 29.1 Å². The normalized spacial score (nSPS) is 22.5. The molecule has 0 N–H and O–H groups in total.